The van der Waals surface area contributed by atoms with Gasteiger partial charge in [-0.3, -0.25) is 0 Å². The third-order valence-electron chi connectivity index (χ3n) is 4.09. The molecule has 2 aromatic carbocycles. The third-order valence-corrected chi connectivity index (χ3v) is 4.72. The molecular formula is C18H21BrN2. The van der Waals surface area contributed by atoms with E-state index in [1.54, 1.807) is 0 Å². The minimum Gasteiger partial charge on any atom is -0.366 e. The summed E-state index contributed by atoms with van der Waals surface area (Å²) in [5.41, 5.74) is 5.57. The van der Waals surface area contributed by atoms with Crippen LogP contribution in [-0.2, 0) is 19.5 Å². The Morgan fingerprint density at radius 1 is 1.14 bits per heavy atom. The van der Waals surface area contributed by atoms with Crippen molar-refractivity contribution in [2.24, 2.45) is 0 Å². The second-order valence-electron chi connectivity index (χ2n) is 5.61. The number of hydrogen-bond acceptors (Lipinski definition) is 2. The van der Waals surface area contributed by atoms with Crippen molar-refractivity contribution < 1.29 is 0 Å². The number of benzene rings is 2. The van der Waals surface area contributed by atoms with Gasteiger partial charge < -0.3 is 10.2 Å². The maximum Gasteiger partial charge on any atom is 0.0513 e. The number of nitrogens with zero attached hydrogens (tertiary/aromatic N) is 1. The van der Waals surface area contributed by atoms with E-state index in [0.29, 0.717) is 0 Å². The molecule has 3 rings (SSSR count). The van der Waals surface area contributed by atoms with Crippen LogP contribution in [0.5, 0.6) is 0 Å². The van der Waals surface area contributed by atoms with Crippen LogP contribution >= 0.6 is 15.9 Å². The number of rotatable bonds is 3. The van der Waals surface area contributed by atoms with E-state index in [4.69, 9.17) is 0 Å². The van der Waals surface area contributed by atoms with E-state index in [-0.39, 0.29) is 0 Å². The SMILES string of the molecule is CNCc1ccc(N2CCCc3ccccc3C2)c(Br)c1. The van der Waals surface area contributed by atoms with Crippen LogP contribution in [0.25, 0.3) is 0 Å². The molecule has 0 atom stereocenters. The first kappa shape index (κ1) is 14.6. The summed E-state index contributed by atoms with van der Waals surface area (Å²) in [5.74, 6) is 0. The van der Waals surface area contributed by atoms with Crippen molar-refractivity contribution in [3.63, 3.8) is 0 Å². The molecule has 0 radical (unpaired) electrons. The van der Waals surface area contributed by atoms with Gasteiger partial charge in [-0.2, -0.15) is 0 Å². The molecule has 0 unspecified atom stereocenters. The molecule has 0 spiro atoms. The van der Waals surface area contributed by atoms with Gasteiger partial charge in [-0.25, -0.2) is 0 Å². The average Bonchev–Trinajstić information content (AvgIpc) is 2.70. The zero-order chi connectivity index (χ0) is 14.7. The fourth-order valence-electron chi connectivity index (χ4n) is 3.03. The lowest BCUT2D eigenvalue weighted by Gasteiger charge is -2.25. The van der Waals surface area contributed by atoms with Gasteiger partial charge in [-0.05, 0) is 64.6 Å². The minimum absolute atomic E-state index is 0.904. The Morgan fingerprint density at radius 2 is 1.95 bits per heavy atom. The molecule has 21 heavy (non-hydrogen) atoms. The lowest BCUT2D eigenvalue weighted by molar-refractivity contribution is 0.763. The first-order valence-corrected chi connectivity index (χ1v) is 8.32. The molecule has 0 saturated carbocycles. The number of hydrogen-bond donors (Lipinski definition) is 1. The van der Waals surface area contributed by atoms with Crippen molar-refractivity contribution in [3.8, 4) is 0 Å². The molecule has 0 amide bonds. The minimum atomic E-state index is 0.904. The molecule has 2 nitrogen and oxygen atoms in total. The highest BCUT2D eigenvalue weighted by Crippen LogP contribution is 2.31. The molecule has 1 aliphatic heterocycles. The van der Waals surface area contributed by atoms with Gasteiger partial charge in [0, 0.05) is 24.1 Å². The Labute approximate surface area is 135 Å². The molecule has 0 aromatic heterocycles. The lowest BCUT2D eigenvalue weighted by atomic mass is 10.0. The Hall–Kier alpha value is -1.32. The monoisotopic (exact) mass is 344 g/mol. The quantitative estimate of drug-likeness (QED) is 0.900. The van der Waals surface area contributed by atoms with Gasteiger partial charge in [0.25, 0.3) is 0 Å². The molecule has 1 heterocycles. The summed E-state index contributed by atoms with van der Waals surface area (Å²) in [7, 11) is 1.98. The topological polar surface area (TPSA) is 15.3 Å². The summed E-state index contributed by atoms with van der Waals surface area (Å²) in [6, 6.07) is 15.5. The standard InChI is InChI=1S/C18H21BrN2/c1-20-12-14-8-9-18(17(19)11-14)21-10-4-7-15-5-2-3-6-16(15)13-21/h2-3,5-6,8-9,11,20H,4,7,10,12-13H2,1H3. The largest absolute Gasteiger partial charge is 0.366 e. The number of anilines is 1. The van der Waals surface area contributed by atoms with Crippen LogP contribution in [0.3, 0.4) is 0 Å². The first-order chi connectivity index (χ1) is 10.3. The highest BCUT2D eigenvalue weighted by molar-refractivity contribution is 9.10. The number of fused-ring (bicyclic) bond motifs is 1. The lowest BCUT2D eigenvalue weighted by Crippen LogP contribution is -2.23. The summed E-state index contributed by atoms with van der Waals surface area (Å²) in [4.78, 5) is 2.49. The maximum absolute atomic E-state index is 3.75. The van der Waals surface area contributed by atoms with E-state index >= 15 is 0 Å². The summed E-state index contributed by atoms with van der Waals surface area (Å²) in [6.45, 7) is 3.01. The molecule has 0 saturated heterocycles. The Balaban J connectivity index is 1.87. The molecule has 1 aliphatic rings. The van der Waals surface area contributed by atoms with Crippen LogP contribution in [0.15, 0.2) is 46.9 Å². The van der Waals surface area contributed by atoms with E-state index in [2.05, 4.69) is 68.6 Å². The van der Waals surface area contributed by atoms with Crippen LogP contribution in [0.4, 0.5) is 5.69 Å². The second kappa shape index (κ2) is 6.63. The predicted octanol–water partition coefficient (Wildman–Crippen LogP) is 4.12. The molecule has 2 aromatic rings. The maximum atomic E-state index is 3.75. The summed E-state index contributed by atoms with van der Waals surface area (Å²) >= 11 is 3.75. The second-order valence-corrected chi connectivity index (χ2v) is 6.46. The molecule has 0 bridgehead atoms. The third kappa shape index (κ3) is 3.30. The molecule has 0 fully saturated rings. The van der Waals surface area contributed by atoms with Gasteiger partial charge >= 0.3 is 0 Å². The zero-order valence-corrected chi connectivity index (χ0v) is 14.0. The molecule has 110 valence electrons. The highest BCUT2D eigenvalue weighted by Gasteiger charge is 2.16. The molecule has 3 heteroatoms. The summed E-state index contributed by atoms with van der Waals surface area (Å²) < 4.78 is 1.19. The predicted molar refractivity (Wildman–Crippen MR) is 92.7 cm³/mol. The first-order valence-electron chi connectivity index (χ1n) is 7.52. The molecule has 0 aliphatic carbocycles. The zero-order valence-electron chi connectivity index (χ0n) is 12.4. The number of nitrogens with one attached hydrogen (secondary N) is 1. The molecule has 1 N–H and O–H groups in total. The van der Waals surface area contributed by atoms with Gasteiger partial charge in [0.15, 0.2) is 0 Å². The fraction of sp³-hybridized carbons (Fsp3) is 0.333. The van der Waals surface area contributed by atoms with Gasteiger partial charge in [0.1, 0.15) is 0 Å². The van der Waals surface area contributed by atoms with Crippen molar-refractivity contribution in [2.75, 3.05) is 18.5 Å². The van der Waals surface area contributed by atoms with Crippen LogP contribution in [-0.4, -0.2) is 13.6 Å². The van der Waals surface area contributed by atoms with Crippen molar-refractivity contribution >= 4 is 21.6 Å². The number of halogens is 1. The van der Waals surface area contributed by atoms with Crippen LogP contribution < -0.4 is 10.2 Å². The summed E-state index contributed by atoms with van der Waals surface area (Å²) in [5, 5.41) is 3.20. The van der Waals surface area contributed by atoms with Crippen molar-refractivity contribution in [3.05, 3.63) is 63.6 Å². The van der Waals surface area contributed by atoms with Crippen molar-refractivity contribution in [1.82, 2.24) is 5.32 Å². The Morgan fingerprint density at radius 3 is 2.71 bits per heavy atom. The van der Waals surface area contributed by atoms with E-state index < -0.39 is 0 Å². The Kier molecular flexibility index (Phi) is 4.61. The smallest absolute Gasteiger partial charge is 0.0513 e. The summed E-state index contributed by atoms with van der Waals surface area (Å²) in [6.07, 6.45) is 2.39. The van der Waals surface area contributed by atoms with Gasteiger partial charge in [0.2, 0.25) is 0 Å². The molecular weight excluding hydrogens is 324 g/mol. The van der Waals surface area contributed by atoms with Crippen molar-refractivity contribution in [2.45, 2.75) is 25.9 Å². The highest BCUT2D eigenvalue weighted by atomic mass is 79.9. The van der Waals surface area contributed by atoms with E-state index in [9.17, 15) is 0 Å². The van der Waals surface area contributed by atoms with E-state index in [0.717, 1.165) is 19.6 Å². The van der Waals surface area contributed by atoms with Crippen LogP contribution in [0, 0.1) is 0 Å². The number of aryl methyl sites for hydroxylation is 1. The van der Waals surface area contributed by atoms with Crippen LogP contribution in [0.1, 0.15) is 23.1 Å². The average molecular weight is 345 g/mol. The van der Waals surface area contributed by atoms with Gasteiger partial charge in [-0.1, -0.05) is 30.3 Å². The van der Waals surface area contributed by atoms with Gasteiger partial charge in [-0.15, -0.1) is 0 Å². The van der Waals surface area contributed by atoms with Gasteiger partial charge in [0.05, 0.1) is 5.69 Å². The normalized spacial score (nSPS) is 14.7. The van der Waals surface area contributed by atoms with Crippen molar-refractivity contribution in [1.29, 1.82) is 0 Å². The van der Waals surface area contributed by atoms with Crippen LogP contribution in [0.2, 0.25) is 0 Å². The van der Waals surface area contributed by atoms with E-state index in [1.807, 2.05) is 7.05 Å². The Bertz CT molecular complexity index is 624. The fourth-order valence-corrected chi connectivity index (χ4v) is 3.70. The van der Waals surface area contributed by atoms with E-state index in [1.165, 1.54) is 39.7 Å².